The summed E-state index contributed by atoms with van der Waals surface area (Å²) in [5.74, 6) is -0.486. The van der Waals surface area contributed by atoms with Gasteiger partial charge in [-0.1, -0.05) is 6.92 Å². The maximum atomic E-state index is 10.5. The van der Waals surface area contributed by atoms with Gasteiger partial charge in [-0.05, 0) is 6.42 Å². The van der Waals surface area contributed by atoms with Crippen LogP contribution < -0.4 is 0 Å². The summed E-state index contributed by atoms with van der Waals surface area (Å²) in [5, 5.41) is 0. The molecule has 0 aromatic rings. The van der Waals surface area contributed by atoms with Gasteiger partial charge in [-0.2, -0.15) is 0 Å². The number of ether oxygens (including phenoxy) is 1. The van der Waals surface area contributed by atoms with Crippen molar-refractivity contribution in [3.05, 3.63) is 0 Å². The summed E-state index contributed by atoms with van der Waals surface area (Å²) in [6, 6.07) is 0. The van der Waals surface area contributed by atoms with E-state index in [1.165, 1.54) is 7.11 Å². The summed E-state index contributed by atoms with van der Waals surface area (Å²) >= 11 is 0. The number of methoxy groups -OCH3 is 1. The van der Waals surface area contributed by atoms with Crippen LogP contribution in [0.25, 0.3) is 0 Å². The zero-order valence-corrected chi connectivity index (χ0v) is 5.59. The average molecular weight is 130 g/mol. The minimum Gasteiger partial charge on any atom is -0.373 e. The van der Waals surface area contributed by atoms with Crippen molar-refractivity contribution in [3.63, 3.8) is 0 Å². The van der Waals surface area contributed by atoms with Crippen LogP contribution in [-0.2, 0) is 14.3 Å². The van der Waals surface area contributed by atoms with Crippen molar-refractivity contribution in [2.24, 2.45) is 0 Å². The molecule has 0 aromatic carbocycles. The lowest BCUT2D eigenvalue weighted by Gasteiger charge is -2.05. The molecule has 3 nitrogen and oxygen atoms in total. The van der Waals surface area contributed by atoms with Gasteiger partial charge in [0.25, 0.3) is 0 Å². The predicted octanol–water partition coefficient (Wildman–Crippen LogP) is 0.179. The molecule has 0 spiro atoms. The van der Waals surface area contributed by atoms with E-state index in [9.17, 15) is 9.59 Å². The summed E-state index contributed by atoms with van der Waals surface area (Å²) in [5.41, 5.74) is 0. The third-order valence-corrected chi connectivity index (χ3v) is 1.09. The summed E-state index contributed by atoms with van der Waals surface area (Å²) in [4.78, 5) is 20.3. The van der Waals surface area contributed by atoms with Crippen LogP contribution in [0.15, 0.2) is 0 Å². The molecule has 0 saturated carbocycles. The Hall–Kier alpha value is -0.700. The first-order valence-corrected chi connectivity index (χ1v) is 2.78. The zero-order valence-electron chi connectivity index (χ0n) is 5.59. The summed E-state index contributed by atoms with van der Waals surface area (Å²) < 4.78 is 4.67. The van der Waals surface area contributed by atoms with E-state index in [1.54, 1.807) is 6.92 Å². The Kier molecular flexibility index (Phi) is 3.88. The smallest absolute Gasteiger partial charge is 0.223 e. The second-order valence-corrected chi connectivity index (χ2v) is 1.65. The third-order valence-electron chi connectivity index (χ3n) is 1.09. The van der Waals surface area contributed by atoms with Crippen molar-refractivity contribution in [3.8, 4) is 0 Å². The van der Waals surface area contributed by atoms with Gasteiger partial charge in [0, 0.05) is 7.11 Å². The molecular formula is C6H10O3. The van der Waals surface area contributed by atoms with E-state index in [0.29, 0.717) is 6.42 Å². The van der Waals surface area contributed by atoms with Gasteiger partial charge in [-0.25, -0.2) is 0 Å². The van der Waals surface area contributed by atoms with Crippen molar-refractivity contribution in [2.45, 2.75) is 19.4 Å². The molecule has 52 valence electrons. The maximum absolute atomic E-state index is 10.5. The highest BCUT2D eigenvalue weighted by molar-refractivity contribution is 6.27. The fourth-order valence-electron chi connectivity index (χ4n) is 0.560. The third kappa shape index (κ3) is 2.37. The number of ketones is 1. The molecular weight excluding hydrogens is 120 g/mol. The number of carbonyl (C=O) groups is 2. The van der Waals surface area contributed by atoms with Gasteiger partial charge in [0.1, 0.15) is 6.10 Å². The van der Waals surface area contributed by atoms with Gasteiger partial charge in [0.05, 0.1) is 0 Å². The van der Waals surface area contributed by atoms with Gasteiger partial charge >= 0.3 is 0 Å². The lowest BCUT2D eigenvalue weighted by atomic mass is 10.2. The highest BCUT2D eigenvalue weighted by Gasteiger charge is 2.12. The number of rotatable bonds is 4. The lowest BCUT2D eigenvalue weighted by molar-refractivity contribution is -0.136. The molecule has 0 fully saturated rings. The Labute approximate surface area is 54.0 Å². The van der Waals surface area contributed by atoms with Crippen LogP contribution in [0.5, 0.6) is 0 Å². The Morgan fingerprint density at radius 1 is 1.78 bits per heavy atom. The topological polar surface area (TPSA) is 43.4 Å². The number of hydrogen-bond donors (Lipinski definition) is 0. The number of Topliss-reactive ketones (excluding diaryl/α,β-unsaturated/α-hetero) is 1. The van der Waals surface area contributed by atoms with Crippen LogP contribution >= 0.6 is 0 Å². The van der Waals surface area contributed by atoms with Crippen molar-refractivity contribution in [1.82, 2.24) is 0 Å². The van der Waals surface area contributed by atoms with Crippen LogP contribution in [0.4, 0.5) is 0 Å². The fraction of sp³-hybridized carbons (Fsp3) is 0.667. The standard InChI is InChI=1S/C6H10O3/c1-3-6(9-2)5(8)4-7/h4,6H,3H2,1-2H3/t6-/m1/s1. The van der Waals surface area contributed by atoms with Crippen LogP contribution in [0.2, 0.25) is 0 Å². The Morgan fingerprint density at radius 3 is 2.44 bits per heavy atom. The second kappa shape index (κ2) is 4.21. The van der Waals surface area contributed by atoms with Crippen LogP contribution in [0, 0.1) is 0 Å². The molecule has 0 bridgehead atoms. The molecule has 0 N–H and O–H groups in total. The average Bonchev–Trinajstić information content (AvgIpc) is 1.90. The number of aldehydes is 1. The molecule has 0 radical (unpaired) electrons. The van der Waals surface area contributed by atoms with Gasteiger partial charge in [-0.3, -0.25) is 9.59 Å². The van der Waals surface area contributed by atoms with E-state index in [4.69, 9.17) is 0 Å². The number of hydrogen-bond acceptors (Lipinski definition) is 3. The Balaban J connectivity index is 3.78. The molecule has 9 heavy (non-hydrogen) atoms. The summed E-state index contributed by atoms with van der Waals surface area (Å²) in [7, 11) is 1.41. The molecule has 0 heterocycles. The predicted molar refractivity (Wildman–Crippen MR) is 32.2 cm³/mol. The van der Waals surface area contributed by atoms with E-state index in [-0.39, 0.29) is 6.29 Å². The van der Waals surface area contributed by atoms with Gasteiger partial charge in [0.15, 0.2) is 6.29 Å². The zero-order chi connectivity index (χ0) is 7.28. The van der Waals surface area contributed by atoms with Crippen LogP contribution in [-0.4, -0.2) is 25.3 Å². The quantitative estimate of drug-likeness (QED) is 0.402. The first-order chi connectivity index (χ1) is 4.26. The van der Waals surface area contributed by atoms with Crippen LogP contribution in [0.3, 0.4) is 0 Å². The Morgan fingerprint density at radius 2 is 2.33 bits per heavy atom. The maximum Gasteiger partial charge on any atom is 0.223 e. The van der Waals surface area contributed by atoms with E-state index in [1.807, 2.05) is 0 Å². The highest BCUT2D eigenvalue weighted by atomic mass is 16.5. The molecule has 0 aliphatic carbocycles. The molecule has 0 saturated heterocycles. The van der Waals surface area contributed by atoms with Gasteiger partial charge < -0.3 is 4.74 Å². The highest BCUT2D eigenvalue weighted by Crippen LogP contribution is 1.94. The van der Waals surface area contributed by atoms with Crippen LogP contribution in [0.1, 0.15) is 13.3 Å². The summed E-state index contributed by atoms with van der Waals surface area (Å²) in [6.45, 7) is 1.79. The second-order valence-electron chi connectivity index (χ2n) is 1.65. The molecule has 0 aliphatic rings. The lowest BCUT2D eigenvalue weighted by Crippen LogP contribution is -2.22. The minimum absolute atomic E-state index is 0.289. The van der Waals surface area contributed by atoms with E-state index in [2.05, 4.69) is 4.74 Å². The molecule has 0 aliphatic heterocycles. The van der Waals surface area contributed by atoms with Gasteiger partial charge in [0.2, 0.25) is 5.78 Å². The first kappa shape index (κ1) is 8.30. The van der Waals surface area contributed by atoms with E-state index < -0.39 is 11.9 Å². The molecule has 0 aromatic heterocycles. The SMILES string of the molecule is CC[C@@H](OC)C(=O)C=O. The van der Waals surface area contributed by atoms with E-state index >= 15 is 0 Å². The molecule has 3 heteroatoms. The van der Waals surface area contributed by atoms with Crippen molar-refractivity contribution in [1.29, 1.82) is 0 Å². The van der Waals surface area contributed by atoms with Crippen molar-refractivity contribution in [2.75, 3.05) is 7.11 Å². The first-order valence-electron chi connectivity index (χ1n) is 2.78. The Bertz CT molecular complexity index is 105. The molecule has 1 atom stereocenters. The number of carbonyl (C=O) groups excluding carboxylic acids is 2. The molecule has 0 amide bonds. The van der Waals surface area contributed by atoms with Crippen molar-refractivity contribution >= 4 is 12.1 Å². The van der Waals surface area contributed by atoms with Gasteiger partial charge in [-0.15, -0.1) is 0 Å². The summed E-state index contributed by atoms with van der Waals surface area (Å²) in [6.07, 6.45) is 0.300. The normalized spacial score (nSPS) is 12.7. The van der Waals surface area contributed by atoms with Crippen molar-refractivity contribution < 1.29 is 14.3 Å². The molecule has 0 rings (SSSR count). The fourth-order valence-corrected chi connectivity index (χ4v) is 0.560. The largest absolute Gasteiger partial charge is 0.373 e. The van der Waals surface area contributed by atoms with E-state index in [0.717, 1.165) is 0 Å². The molecule has 0 unspecified atom stereocenters. The monoisotopic (exact) mass is 130 g/mol. The minimum atomic E-state index is -0.539.